The van der Waals surface area contributed by atoms with Gasteiger partial charge in [-0.05, 0) is 49.1 Å². The molecule has 0 radical (unpaired) electrons. The van der Waals surface area contributed by atoms with Gasteiger partial charge in [0.05, 0.1) is 18.1 Å². The molecule has 2 aromatic carbocycles. The first-order valence-electron chi connectivity index (χ1n) is 11.0. The van der Waals surface area contributed by atoms with Crippen LogP contribution < -0.4 is 9.47 Å². The van der Waals surface area contributed by atoms with Crippen LogP contribution >= 0.6 is 0 Å². The zero-order chi connectivity index (χ0) is 23.1. The Morgan fingerprint density at radius 2 is 1.88 bits per heavy atom. The summed E-state index contributed by atoms with van der Waals surface area (Å²) in [4.78, 5) is 15.0. The van der Waals surface area contributed by atoms with Gasteiger partial charge in [0.2, 0.25) is 0 Å². The summed E-state index contributed by atoms with van der Waals surface area (Å²) in [5.74, 6) is -0.168. The number of hydrogen-bond acceptors (Lipinski definition) is 5. The number of ether oxygens (including phenoxy) is 2. The Kier molecular flexibility index (Phi) is 8.12. The van der Waals surface area contributed by atoms with Crippen LogP contribution in [-0.4, -0.2) is 49.5 Å². The normalized spacial score (nSPS) is 18.2. The molecule has 1 saturated heterocycles. The van der Waals surface area contributed by atoms with Crippen molar-refractivity contribution in [2.24, 2.45) is 0 Å². The number of sulfone groups is 1. The summed E-state index contributed by atoms with van der Waals surface area (Å²) in [6.45, 7) is 4.67. The van der Waals surface area contributed by atoms with Crippen LogP contribution in [0.3, 0.4) is 0 Å². The van der Waals surface area contributed by atoms with Crippen LogP contribution in [0.1, 0.15) is 38.7 Å². The Balaban J connectivity index is 1.81. The lowest BCUT2D eigenvalue weighted by Crippen LogP contribution is -2.47. The minimum atomic E-state index is -3.20. The number of benzene rings is 2. The molecule has 2 atom stereocenters. The van der Waals surface area contributed by atoms with Crippen LogP contribution in [-0.2, 0) is 21.2 Å². The molecule has 2 unspecified atom stereocenters. The molecule has 0 N–H and O–H groups in total. The second-order valence-corrected chi connectivity index (χ2v) is 10.2. The van der Waals surface area contributed by atoms with Crippen molar-refractivity contribution in [1.29, 1.82) is 0 Å². The molecule has 0 aromatic heterocycles. The van der Waals surface area contributed by atoms with Crippen molar-refractivity contribution >= 4 is 15.7 Å². The van der Waals surface area contributed by atoms with Crippen molar-refractivity contribution < 1.29 is 27.1 Å². The van der Waals surface area contributed by atoms with Crippen molar-refractivity contribution in [3.63, 3.8) is 0 Å². The summed E-state index contributed by atoms with van der Waals surface area (Å²) in [7, 11) is -3.20. The standard InChI is InChI=1S/C24H30FNO5S/c1-3-14-30-20-11-9-18(10-12-20)16-26(19-13-15-32(28,29)17-19)24(27)22(4-2)31-23-8-6-5-7-21(23)25/h5-12,19,22H,3-4,13-17H2,1-2H3. The number of halogens is 1. The number of rotatable bonds is 10. The maximum Gasteiger partial charge on any atom is 0.264 e. The van der Waals surface area contributed by atoms with E-state index in [0.717, 1.165) is 17.7 Å². The molecule has 32 heavy (non-hydrogen) atoms. The predicted octanol–water partition coefficient (Wildman–Crippen LogP) is 3.99. The van der Waals surface area contributed by atoms with Crippen molar-refractivity contribution in [3.05, 3.63) is 59.9 Å². The van der Waals surface area contributed by atoms with Crippen LogP contribution in [0.15, 0.2) is 48.5 Å². The average Bonchev–Trinajstić information content (AvgIpc) is 3.15. The van der Waals surface area contributed by atoms with Gasteiger partial charge in [0.25, 0.3) is 5.91 Å². The minimum Gasteiger partial charge on any atom is -0.494 e. The van der Waals surface area contributed by atoms with Gasteiger partial charge in [0, 0.05) is 12.6 Å². The van der Waals surface area contributed by atoms with Crippen LogP contribution in [0, 0.1) is 5.82 Å². The molecule has 1 heterocycles. The lowest BCUT2D eigenvalue weighted by molar-refractivity contribution is -0.141. The maximum absolute atomic E-state index is 14.1. The molecule has 0 aliphatic carbocycles. The van der Waals surface area contributed by atoms with Gasteiger partial charge in [-0.25, -0.2) is 12.8 Å². The molecule has 2 aromatic rings. The van der Waals surface area contributed by atoms with Crippen molar-refractivity contribution in [3.8, 4) is 11.5 Å². The molecule has 0 bridgehead atoms. The summed E-state index contributed by atoms with van der Waals surface area (Å²) in [5, 5.41) is 0. The topological polar surface area (TPSA) is 72.9 Å². The zero-order valence-electron chi connectivity index (χ0n) is 18.5. The first kappa shape index (κ1) is 24.0. The number of para-hydroxylation sites is 1. The van der Waals surface area contributed by atoms with Crippen LogP contribution in [0.4, 0.5) is 4.39 Å². The fourth-order valence-corrected chi connectivity index (χ4v) is 5.43. The summed E-state index contributed by atoms with van der Waals surface area (Å²) in [6, 6.07) is 12.9. The van der Waals surface area contributed by atoms with E-state index in [0.29, 0.717) is 19.4 Å². The summed E-state index contributed by atoms with van der Waals surface area (Å²) < 4.78 is 49.6. The lowest BCUT2D eigenvalue weighted by Gasteiger charge is -2.32. The Morgan fingerprint density at radius 1 is 1.16 bits per heavy atom. The highest BCUT2D eigenvalue weighted by Gasteiger charge is 2.37. The number of hydrogen-bond donors (Lipinski definition) is 0. The predicted molar refractivity (Wildman–Crippen MR) is 121 cm³/mol. The van der Waals surface area contributed by atoms with E-state index in [1.54, 1.807) is 24.0 Å². The highest BCUT2D eigenvalue weighted by atomic mass is 32.2. The second kappa shape index (κ2) is 10.8. The van der Waals surface area contributed by atoms with Crippen molar-refractivity contribution in [2.45, 2.75) is 51.8 Å². The van der Waals surface area contributed by atoms with E-state index in [-0.39, 0.29) is 29.7 Å². The summed E-state index contributed by atoms with van der Waals surface area (Å²) in [6.07, 6.45) is 0.692. The first-order chi connectivity index (χ1) is 15.3. The number of nitrogens with zero attached hydrogens (tertiary/aromatic N) is 1. The second-order valence-electron chi connectivity index (χ2n) is 7.96. The average molecular weight is 464 g/mol. The quantitative estimate of drug-likeness (QED) is 0.533. The first-order valence-corrected chi connectivity index (χ1v) is 12.8. The Bertz CT molecular complexity index is 1010. The molecule has 1 fully saturated rings. The third kappa shape index (κ3) is 6.22. The van der Waals surface area contributed by atoms with E-state index in [2.05, 4.69) is 0 Å². The van der Waals surface area contributed by atoms with Crippen molar-refractivity contribution in [2.75, 3.05) is 18.1 Å². The fraction of sp³-hybridized carbons (Fsp3) is 0.458. The van der Waals surface area contributed by atoms with E-state index >= 15 is 0 Å². The lowest BCUT2D eigenvalue weighted by atomic mass is 10.1. The number of carbonyl (C=O) groups excluding carboxylic acids is 1. The molecule has 0 saturated carbocycles. The van der Waals surface area contributed by atoms with Gasteiger partial charge < -0.3 is 14.4 Å². The minimum absolute atomic E-state index is 0.00381. The molecule has 8 heteroatoms. The third-order valence-electron chi connectivity index (χ3n) is 5.43. The van der Waals surface area contributed by atoms with Gasteiger partial charge in [0.15, 0.2) is 27.5 Å². The number of carbonyl (C=O) groups is 1. The highest BCUT2D eigenvalue weighted by molar-refractivity contribution is 7.91. The molecular weight excluding hydrogens is 433 g/mol. The fourth-order valence-electron chi connectivity index (χ4n) is 3.70. The van der Waals surface area contributed by atoms with Gasteiger partial charge in [-0.2, -0.15) is 0 Å². The Labute approximate surface area is 189 Å². The monoisotopic (exact) mass is 463 g/mol. The third-order valence-corrected chi connectivity index (χ3v) is 7.18. The van der Waals surface area contributed by atoms with Gasteiger partial charge in [-0.1, -0.05) is 38.1 Å². The molecule has 174 valence electrons. The van der Waals surface area contributed by atoms with Gasteiger partial charge in [-0.15, -0.1) is 0 Å². The molecule has 3 rings (SSSR count). The van der Waals surface area contributed by atoms with E-state index in [1.807, 2.05) is 31.2 Å². The van der Waals surface area contributed by atoms with E-state index in [9.17, 15) is 17.6 Å². The maximum atomic E-state index is 14.1. The number of amides is 1. The molecule has 1 aliphatic rings. The Morgan fingerprint density at radius 3 is 2.47 bits per heavy atom. The summed E-state index contributed by atoms with van der Waals surface area (Å²) in [5.41, 5.74) is 0.854. The molecular formula is C24H30FNO5S. The largest absolute Gasteiger partial charge is 0.494 e. The summed E-state index contributed by atoms with van der Waals surface area (Å²) >= 11 is 0. The van der Waals surface area contributed by atoms with E-state index in [1.165, 1.54) is 12.1 Å². The molecule has 6 nitrogen and oxygen atoms in total. The van der Waals surface area contributed by atoms with Crippen LogP contribution in [0.25, 0.3) is 0 Å². The van der Waals surface area contributed by atoms with E-state index < -0.39 is 27.8 Å². The molecule has 1 amide bonds. The zero-order valence-corrected chi connectivity index (χ0v) is 19.3. The molecule has 1 aliphatic heterocycles. The van der Waals surface area contributed by atoms with Gasteiger partial charge in [0.1, 0.15) is 5.75 Å². The Hall–Kier alpha value is -2.61. The smallest absolute Gasteiger partial charge is 0.264 e. The molecule has 0 spiro atoms. The van der Waals surface area contributed by atoms with E-state index in [4.69, 9.17) is 9.47 Å². The van der Waals surface area contributed by atoms with Crippen molar-refractivity contribution in [1.82, 2.24) is 4.90 Å². The highest BCUT2D eigenvalue weighted by Crippen LogP contribution is 2.25. The van der Waals surface area contributed by atoms with Crippen LogP contribution in [0.2, 0.25) is 0 Å². The van der Waals surface area contributed by atoms with Gasteiger partial charge >= 0.3 is 0 Å². The van der Waals surface area contributed by atoms with Crippen LogP contribution in [0.5, 0.6) is 11.5 Å². The van der Waals surface area contributed by atoms with Gasteiger partial charge in [-0.3, -0.25) is 4.79 Å². The SMILES string of the molecule is CCCOc1ccc(CN(C(=O)C(CC)Oc2ccccc2F)C2CCS(=O)(=O)C2)cc1.